The van der Waals surface area contributed by atoms with Gasteiger partial charge in [-0.1, -0.05) is 17.3 Å². The van der Waals surface area contributed by atoms with Gasteiger partial charge in [0.1, 0.15) is 29.6 Å². The summed E-state index contributed by atoms with van der Waals surface area (Å²) in [7, 11) is 2.79. The summed E-state index contributed by atoms with van der Waals surface area (Å²) in [5.74, 6) is -4.00. The van der Waals surface area contributed by atoms with Crippen molar-refractivity contribution in [1.29, 1.82) is 0 Å². The van der Waals surface area contributed by atoms with Gasteiger partial charge in [0.15, 0.2) is 11.3 Å². The van der Waals surface area contributed by atoms with Gasteiger partial charge in [-0.05, 0) is 38.8 Å². The van der Waals surface area contributed by atoms with E-state index in [0.717, 1.165) is 17.0 Å². The standard InChI is InChI=1S/C36H39F2N7O9/c1-20-15-36(54-42-20)10-9-21(2)44-18-27(36)45-17-25(32(47)41-16-22-7-8-24(37)14-26(22)38)29(46)30(28(45)33(44)48)53-35(50)43(3)31-23(6-5-11-39-31)19-52-34(49)40-12-13-51-4/h5-8,11,14,17,21,27H,9-10,12-13,15-16,18-19H2,1-4H3,(H,40,49)(H,41,47)/t21-,27+,36-/m0/s1. The van der Waals surface area contributed by atoms with Gasteiger partial charge in [-0.2, -0.15) is 0 Å². The van der Waals surface area contributed by atoms with E-state index in [9.17, 15) is 32.8 Å². The maximum Gasteiger partial charge on any atom is 0.420 e. The van der Waals surface area contributed by atoms with E-state index >= 15 is 0 Å². The minimum atomic E-state index is -1.15. The molecule has 1 aromatic carbocycles. The first-order chi connectivity index (χ1) is 25.8. The van der Waals surface area contributed by atoms with Crippen molar-refractivity contribution in [3.05, 3.63) is 87.0 Å². The number of carbonyl (C=O) groups excluding carboxylic acids is 4. The molecule has 2 bridgehead atoms. The van der Waals surface area contributed by atoms with E-state index in [1.165, 1.54) is 31.1 Å². The predicted octanol–water partition coefficient (Wildman–Crippen LogP) is 3.67. The number of aromatic nitrogens is 2. The van der Waals surface area contributed by atoms with E-state index in [1.54, 1.807) is 17.0 Å². The highest BCUT2D eigenvalue weighted by Gasteiger charge is 2.54. The number of anilines is 1. The molecule has 3 aliphatic rings. The molecule has 2 aromatic heterocycles. The number of hydrogen-bond donors (Lipinski definition) is 2. The maximum atomic E-state index is 14.4. The number of oxime groups is 1. The zero-order valence-corrected chi connectivity index (χ0v) is 30.0. The van der Waals surface area contributed by atoms with Gasteiger partial charge in [0, 0.05) is 75.8 Å². The van der Waals surface area contributed by atoms with Crippen molar-refractivity contribution in [2.24, 2.45) is 5.16 Å². The van der Waals surface area contributed by atoms with Crippen molar-refractivity contribution >= 4 is 35.5 Å². The van der Waals surface area contributed by atoms with Crippen LogP contribution in [0.4, 0.5) is 24.2 Å². The second kappa shape index (κ2) is 15.6. The normalized spacial score (nSPS) is 20.0. The molecule has 16 nitrogen and oxygen atoms in total. The van der Waals surface area contributed by atoms with Crippen LogP contribution in [-0.4, -0.2) is 89.7 Å². The molecule has 18 heteroatoms. The van der Waals surface area contributed by atoms with Crippen LogP contribution < -0.4 is 25.7 Å². The summed E-state index contributed by atoms with van der Waals surface area (Å²) in [5, 5.41) is 9.20. The van der Waals surface area contributed by atoms with Gasteiger partial charge in [-0.15, -0.1) is 0 Å². The summed E-state index contributed by atoms with van der Waals surface area (Å²) in [4.78, 5) is 81.1. The summed E-state index contributed by atoms with van der Waals surface area (Å²) < 4.78 is 45.3. The molecule has 0 unspecified atom stereocenters. The number of ether oxygens (including phenoxy) is 3. The van der Waals surface area contributed by atoms with Crippen LogP contribution >= 0.6 is 0 Å². The number of halogens is 2. The van der Waals surface area contributed by atoms with E-state index in [0.29, 0.717) is 36.6 Å². The van der Waals surface area contributed by atoms with Crippen molar-refractivity contribution in [2.45, 2.75) is 63.9 Å². The molecule has 0 radical (unpaired) electrons. The second-order valence-electron chi connectivity index (χ2n) is 13.3. The first-order valence-corrected chi connectivity index (χ1v) is 17.2. The van der Waals surface area contributed by atoms with Crippen molar-refractivity contribution in [3.8, 4) is 5.75 Å². The zero-order valence-electron chi connectivity index (χ0n) is 30.0. The molecule has 4 amide bonds. The average Bonchev–Trinajstić information content (AvgIpc) is 3.48. The first-order valence-electron chi connectivity index (χ1n) is 17.2. The third-order valence-electron chi connectivity index (χ3n) is 9.71. The minimum absolute atomic E-state index is 0.0136. The summed E-state index contributed by atoms with van der Waals surface area (Å²) in [6, 6.07) is 5.00. The molecule has 3 aliphatic heterocycles. The Kier molecular flexibility index (Phi) is 10.9. The van der Waals surface area contributed by atoms with Gasteiger partial charge < -0.3 is 39.1 Å². The summed E-state index contributed by atoms with van der Waals surface area (Å²) in [6.07, 6.45) is 2.13. The van der Waals surface area contributed by atoms with Gasteiger partial charge in [0.2, 0.25) is 11.2 Å². The molecule has 2 N–H and O–H groups in total. The number of benzene rings is 1. The van der Waals surface area contributed by atoms with Crippen LogP contribution in [0.15, 0.2) is 52.7 Å². The molecule has 1 spiro atoms. The molecule has 0 aliphatic carbocycles. The molecule has 54 heavy (non-hydrogen) atoms. The molecule has 5 heterocycles. The number of nitrogens with one attached hydrogen (secondary N) is 2. The highest BCUT2D eigenvalue weighted by molar-refractivity contribution is 6.01. The predicted molar refractivity (Wildman–Crippen MR) is 187 cm³/mol. The van der Waals surface area contributed by atoms with Crippen LogP contribution in [0.3, 0.4) is 0 Å². The average molecular weight is 752 g/mol. The number of hydrogen-bond acceptors (Lipinski definition) is 11. The molecule has 0 saturated carbocycles. The number of carbonyl (C=O) groups is 4. The maximum absolute atomic E-state index is 14.4. The van der Waals surface area contributed by atoms with Gasteiger partial charge in [-0.3, -0.25) is 19.3 Å². The van der Waals surface area contributed by atoms with Gasteiger partial charge in [0.05, 0.1) is 18.4 Å². The minimum Gasteiger partial charge on any atom is -0.445 e. The third kappa shape index (κ3) is 7.46. The molecule has 3 atom stereocenters. The van der Waals surface area contributed by atoms with Crippen LogP contribution in [0, 0.1) is 11.6 Å². The monoisotopic (exact) mass is 751 g/mol. The molecule has 286 valence electrons. The number of methoxy groups -OCH3 is 1. The van der Waals surface area contributed by atoms with E-state index in [1.807, 2.05) is 13.8 Å². The quantitative estimate of drug-likeness (QED) is 0.290. The Morgan fingerprint density at radius 2 is 1.94 bits per heavy atom. The fourth-order valence-corrected chi connectivity index (χ4v) is 6.84. The Morgan fingerprint density at radius 3 is 2.67 bits per heavy atom. The Hall–Kier alpha value is -5.91. The molecule has 1 fully saturated rings. The highest BCUT2D eigenvalue weighted by Crippen LogP contribution is 2.46. The van der Waals surface area contributed by atoms with Gasteiger partial charge in [0.25, 0.3) is 11.8 Å². The zero-order chi connectivity index (χ0) is 38.7. The molecule has 6 rings (SSSR count). The highest BCUT2D eigenvalue weighted by atomic mass is 19.1. The van der Waals surface area contributed by atoms with Crippen LogP contribution in [0.5, 0.6) is 5.75 Å². The summed E-state index contributed by atoms with van der Waals surface area (Å²) >= 11 is 0. The summed E-state index contributed by atoms with van der Waals surface area (Å²) in [5.41, 5.74) is -1.87. The first kappa shape index (κ1) is 37.8. The Morgan fingerprint density at radius 1 is 1.15 bits per heavy atom. The topological polar surface area (TPSA) is 183 Å². The lowest BCUT2D eigenvalue weighted by Crippen LogP contribution is -2.52. The van der Waals surface area contributed by atoms with E-state index in [4.69, 9.17) is 19.0 Å². The fraction of sp³-hybridized carbons (Fsp3) is 0.417. The van der Waals surface area contributed by atoms with Crippen LogP contribution in [0.2, 0.25) is 0 Å². The van der Waals surface area contributed by atoms with Crippen LogP contribution in [-0.2, 0) is 27.5 Å². The number of pyridine rings is 2. The van der Waals surface area contributed by atoms with Crippen molar-refractivity contribution < 1.29 is 47.0 Å². The number of nitrogens with zero attached hydrogens (tertiary/aromatic N) is 5. The number of amides is 4. The SMILES string of the molecule is COCCNC(=O)OCc1cccnc1N(C)C(=O)Oc1c2n(cc(C(=O)NCc3ccc(F)cc3F)c1=O)[C@@H]1CN(C2=O)[C@@H](C)CC[C@]12CC(C)=NO2. The van der Waals surface area contributed by atoms with Crippen LogP contribution in [0.1, 0.15) is 71.1 Å². The van der Waals surface area contributed by atoms with Crippen molar-refractivity contribution in [3.63, 3.8) is 0 Å². The van der Waals surface area contributed by atoms with Crippen LogP contribution in [0.25, 0.3) is 0 Å². The van der Waals surface area contributed by atoms with Crippen molar-refractivity contribution in [2.75, 3.05) is 38.8 Å². The van der Waals surface area contributed by atoms with E-state index < -0.39 is 70.6 Å². The number of fused-ring (bicyclic) bond motifs is 5. The fourth-order valence-electron chi connectivity index (χ4n) is 6.84. The van der Waals surface area contributed by atoms with E-state index in [2.05, 4.69) is 20.8 Å². The Bertz CT molecular complexity index is 2080. The molecule has 1 saturated heterocycles. The smallest absolute Gasteiger partial charge is 0.420 e. The van der Waals surface area contributed by atoms with E-state index in [-0.39, 0.29) is 49.4 Å². The van der Waals surface area contributed by atoms with Gasteiger partial charge in [-0.25, -0.2) is 23.4 Å². The lowest BCUT2D eigenvalue weighted by Gasteiger charge is -2.42. The number of rotatable bonds is 10. The second-order valence-corrected chi connectivity index (χ2v) is 13.3. The largest absolute Gasteiger partial charge is 0.445 e. The summed E-state index contributed by atoms with van der Waals surface area (Å²) in [6.45, 7) is 3.58. The molecular formula is C36H39F2N7O9. The lowest BCUT2D eigenvalue weighted by atomic mass is 9.84. The van der Waals surface area contributed by atoms with Gasteiger partial charge >= 0.3 is 12.2 Å². The number of alkyl carbamates (subject to hydrolysis) is 1. The third-order valence-corrected chi connectivity index (χ3v) is 9.71. The lowest BCUT2D eigenvalue weighted by molar-refractivity contribution is -0.0655. The van der Waals surface area contributed by atoms with Crippen molar-refractivity contribution in [1.82, 2.24) is 25.1 Å². The Balaban J connectivity index is 1.38. The Labute approximate surface area is 308 Å². The molecular weight excluding hydrogens is 712 g/mol. The molecule has 3 aromatic rings.